The average molecular weight is 423 g/mol. The first-order chi connectivity index (χ1) is 14.7. The molecule has 0 bridgehead atoms. The molecular weight excluding hydrogens is 402 g/mol. The zero-order chi connectivity index (χ0) is 20.9. The number of benzene rings is 2. The minimum Gasteiger partial charge on any atom is -0.490 e. The van der Waals surface area contributed by atoms with Crippen molar-refractivity contribution in [3.63, 3.8) is 0 Å². The van der Waals surface area contributed by atoms with Crippen LogP contribution in [0.3, 0.4) is 0 Å². The van der Waals surface area contributed by atoms with E-state index in [0.717, 1.165) is 16.7 Å². The Hall–Kier alpha value is -3.26. The van der Waals surface area contributed by atoms with Gasteiger partial charge in [0.15, 0.2) is 17.1 Å². The van der Waals surface area contributed by atoms with Gasteiger partial charge in [0.05, 0.1) is 13.0 Å². The number of fused-ring (bicyclic) bond motifs is 1. The van der Waals surface area contributed by atoms with Crippen molar-refractivity contribution in [2.45, 2.75) is 25.2 Å². The average Bonchev–Trinajstić information content (AvgIpc) is 3.37. The lowest BCUT2D eigenvalue weighted by Crippen LogP contribution is -2.11. The summed E-state index contributed by atoms with van der Waals surface area (Å²) in [7, 11) is 0. The highest BCUT2D eigenvalue weighted by Gasteiger charge is 2.17. The molecule has 0 saturated carbocycles. The third-order valence-electron chi connectivity index (χ3n) is 4.31. The molecule has 0 spiro atoms. The van der Waals surface area contributed by atoms with Crippen molar-refractivity contribution < 1.29 is 18.4 Å². The lowest BCUT2D eigenvalue weighted by molar-refractivity contribution is 0.0995. The number of amides is 1. The molecule has 2 aromatic heterocycles. The number of rotatable bonds is 8. The van der Waals surface area contributed by atoms with E-state index < -0.39 is 5.91 Å². The smallest absolute Gasteiger partial charge is 0.322 e. The zero-order valence-electron chi connectivity index (χ0n) is 16.7. The fourth-order valence-electron chi connectivity index (χ4n) is 3.00. The first-order valence-electron chi connectivity index (χ1n) is 9.67. The van der Waals surface area contributed by atoms with Gasteiger partial charge in [0.1, 0.15) is 0 Å². The summed E-state index contributed by atoms with van der Waals surface area (Å²) in [5.74, 6) is 1.72. The Morgan fingerprint density at radius 3 is 2.70 bits per heavy atom. The van der Waals surface area contributed by atoms with Gasteiger partial charge in [-0.15, -0.1) is 16.9 Å². The Kier molecular flexibility index (Phi) is 6.04. The number of nitrogens with one attached hydrogen (secondary N) is 1. The maximum atomic E-state index is 12.5. The molecule has 0 aliphatic rings. The fourth-order valence-corrected chi connectivity index (χ4v) is 3.66. The zero-order valence-corrected chi connectivity index (χ0v) is 17.5. The van der Waals surface area contributed by atoms with Crippen LogP contribution >= 0.6 is 11.8 Å². The van der Waals surface area contributed by atoms with Crippen LogP contribution in [0.15, 0.2) is 62.3 Å². The molecule has 4 aromatic rings. The molecular formula is C22H21N3O4S. The number of para-hydroxylation sites is 1. The fraction of sp³-hybridized carbons (Fsp3) is 0.227. The van der Waals surface area contributed by atoms with Crippen LogP contribution in [0.2, 0.25) is 0 Å². The lowest BCUT2D eigenvalue weighted by Gasteiger charge is -2.02. The Morgan fingerprint density at radius 1 is 1.10 bits per heavy atom. The minimum atomic E-state index is -0.468. The summed E-state index contributed by atoms with van der Waals surface area (Å²) < 4.78 is 16.8. The number of nitrogens with zero attached hydrogens (tertiary/aromatic N) is 2. The summed E-state index contributed by atoms with van der Waals surface area (Å²) in [5.41, 5.74) is 1.58. The van der Waals surface area contributed by atoms with Gasteiger partial charge in [0.2, 0.25) is 5.89 Å². The van der Waals surface area contributed by atoms with Crippen LogP contribution in [-0.4, -0.2) is 28.5 Å². The highest BCUT2D eigenvalue weighted by atomic mass is 32.2. The van der Waals surface area contributed by atoms with Gasteiger partial charge in [0, 0.05) is 10.3 Å². The Labute approximate surface area is 177 Å². The SMILES string of the molecule is CCOc1cccc2cc(C(=O)Nc3nnc(Cc4ccc(SCC)cc4)o3)oc12. The molecule has 4 rings (SSSR count). The summed E-state index contributed by atoms with van der Waals surface area (Å²) in [6, 6.07) is 15.4. The first kappa shape index (κ1) is 20.0. The van der Waals surface area contributed by atoms with E-state index in [1.807, 2.05) is 31.2 Å². The maximum Gasteiger partial charge on any atom is 0.322 e. The quantitative estimate of drug-likeness (QED) is 0.391. The van der Waals surface area contributed by atoms with E-state index in [4.69, 9.17) is 13.6 Å². The Bertz CT molecular complexity index is 1150. The van der Waals surface area contributed by atoms with Crippen LogP contribution in [0.25, 0.3) is 11.0 Å². The molecule has 0 radical (unpaired) electrons. The van der Waals surface area contributed by atoms with E-state index in [-0.39, 0.29) is 11.8 Å². The molecule has 0 aliphatic carbocycles. The lowest BCUT2D eigenvalue weighted by atomic mass is 10.1. The second-order valence-corrected chi connectivity index (χ2v) is 7.76. The number of carbonyl (C=O) groups is 1. The van der Waals surface area contributed by atoms with Crippen molar-refractivity contribution in [1.29, 1.82) is 0 Å². The highest BCUT2D eigenvalue weighted by molar-refractivity contribution is 7.99. The molecule has 7 nitrogen and oxygen atoms in total. The van der Waals surface area contributed by atoms with Crippen molar-refractivity contribution in [2.75, 3.05) is 17.7 Å². The number of furan rings is 1. The topological polar surface area (TPSA) is 90.4 Å². The van der Waals surface area contributed by atoms with Crippen LogP contribution in [0.1, 0.15) is 35.9 Å². The monoisotopic (exact) mass is 423 g/mol. The van der Waals surface area contributed by atoms with E-state index in [1.54, 1.807) is 23.9 Å². The van der Waals surface area contributed by atoms with Gasteiger partial charge >= 0.3 is 6.01 Å². The molecule has 1 N–H and O–H groups in total. The second kappa shape index (κ2) is 9.04. The van der Waals surface area contributed by atoms with E-state index >= 15 is 0 Å². The van der Waals surface area contributed by atoms with Gasteiger partial charge in [0.25, 0.3) is 5.91 Å². The maximum absolute atomic E-state index is 12.5. The van der Waals surface area contributed by atoms with Crippen molar-refractivity contribution in [1.82, 2.24) is 10.2 Å². The van der Waals surface area contributed by atoms with Crippen LogP contribution in [0.5, 0.6) is 5.75 Å². The van der Waals surface area contributed by atoms with E-state index in [9.17, 15) is 4.79 Å². The number of aromatic nitrogens is 2. The second-order valence-electron chi connectivity index (χ2n) is 6.43. The summed E-state index contributed by atoms with van der Waals surface area (Å²) >= 11 is 1.79. The van der Waals surface area contributed by atoms with Crippen molar-refractivity contribution >= 4 is 34.7 Å². The largest absolute Gasteiger partial charge is 0.490 e. The predicted molar refractivity (Wildman–Crippen MR) is 115 cm³/mol. The van der Waals surface area contributed by atoms with Gasteiger partial charge in [-0.2, -0.15) is 0 Å². The first-order valence-corrected chi connectivity index (χ1v) is 10.7. The third kappa shape index (κ3) is 4.49. The third-order valence-corrected chi connectivity index (χ3v) is 5.20. The number of hydrogen-bond acceptors (Lipinski definition) is 7. The van der Waals surface area contributed by atoms with Crippen molar-refractivity contribution in [3.8, 4) is 5.75 Å². The molecule has 0 aliphatic heterocycles. The van der Waals surface area contributed by atoms with Crippen LogP contribution in [0, 0.1) is 0 Å². The predicted octanol–water partition coefficient (Wildman–Crippen LogP) is 5.17. The van der Waals surface area contributed by atoms with Crippen LogP contribution in [0.4, 0.5) is 6.01 Å². The van der Waals surface area contributed by atoms with Crippen LogP contribution < -0.4 is 10.1 Å². The molecule has 2 heterocycles. The van der Waals surface area contributed by atoms with Gasteiger partial charge in [-0.25, -0.2) is 0 Å². The van der Waals surface area contributed by atoms with Gasteiger partial charge in [-0.1, -0.05) is 36.3 Å². The minimum absolute atomic E-state index is 0.0265. The normalized spacial score (nSPS) is 11.0. The molecule has 0 saturated heterocycles. The molecule has 0 atom stereocenters. The van der Waals surface area contributed by atoms with Gasteiger partial charge < -0.3 is 13.6 Å². The van der Waals surface area contributed by atoms with E-state index in [1.165, 1.54) is 4.90 Å². The van der Waals surface area contributed by atoms with Gasteiger partial charge in [-0.3, -0.25) is 10.1 Å². The number of ether oxygens (including phenoxy) is 1. The van der Waals surface area contributed by atoms with E-state index in [0.29, 0.717) is 30.3 Å². The molecule has 2 aromatic carbocycles. The molecule has 30 heavy (non-hydrogen) atoms. The molecule has 0 fully saturated rings. The standard InChI is InChI=1S/C22H21N3O4S/c1-3-27-17-7-5-6-15-13-18(28-20(15)17)21(26)23-22-25-24-19(29-22)12-14-8-10-16(11-9-14)30-4-2/h5-11,13H,3-4,12H2,1-2H3,(H,23,25,26). The van der Waals surface area contributed by atoms with Crippen LogP contribution in [-0.2, 0) is 6.42 Å². The number of thioether (sulfide) groups is 1. The summed E-state index contributed by atoms with van der Waals surface area (Å²) in [5, 5.41) is 11.3. The number of anilines is 1. The van der Waals surface area contributed by atoms with Crippen molar-refractivity contribution in [2.24, 2.45) is 0 Å². The summed E-state index contributed by atoms with van der Waals surface area (Å²) in [6.07, 6.45) is 0.488. The number of hydrogen-bond donors (Lipinski definition) is 1. The van der Waals surface area contributed by atoms with E-state index in [2.05, 4.69) is 34.6 Å². The Morgan fingerprint density at radius 2 is 1.93 bits per heavy atom. The summed E-state index contributed by atoms with van der Waals surface area (Å²) in [4.78, 5) is 13.8. The number of carbonyl (C=O) groups excluding carboxylic acids is 1. The molecule has 154 valence electrons. The highest BCUT2D eigenvalue weighted by Crippen LogP contribution is 2.29. The van der Waals surface area contributed by atoms with Gasteiger partial charge in [-0.05, 0) is 42.5 Å². The summed E-state index contributed by atoms with van der Waals surface area (Å²) in [6.45, 7) is 4.52. The molecule has 0 unspecified atom stereocenters. The molecule has 1 amide bonds. The molecule has 8 heteroatoms. The van der Waals surface area contributed by atoms with Crippen molar-refractivity contribution in [3.05, 3.63) is 65.7 Å². The Balaban J connectivity index is 1.43.